The lowest BCUT2D eigenvalue weighted by Gasteiger charge is -2.41. The number of carbonyl (C=O) groups is 1. The molecule has 0 bridgehead atoms. The molecule has 0 saturated carbocycles. The first-order valence-electron chi connectivity index (χ1n) is 9.38. The summed E-state index contributed by atoms with van der Waals surface area (Å²) in [5, 5.41) is 9.45. The minimum Gasteiger partial charge on any atom is -0.493 e. The number of hydrogen-bond donors (Lipinski definition) is 1. The van der Waals surface area contributed by atoms with Gasteiger partial charge in [-0.2, -0.15) is 0 Å². The number of fused-ring (bicyclic) bond motifs is 1. The summed E-state index contributed by atoms with van der Waals surface area (Å²) in [4.78, 5) is 14.0. The standard InChI is InChI=1S/C20H29NO4/c1-4-24-14-7-9-21(12-13(2)3)18(11-14)17-6-5-16(20(22)23)15-8-10-25-19(15)17/h5-6,13-14,18H,4,7-12H2,1-3H3,(H,22,23)/t14-,18-/m0/s1. The van der Waals surface area contributed by atoms with Gasteiger partial charge in [0.2, 0.25) is 0 Å². The Morgan fingerprint density at radius 3 is 2.92 bits per heavy atom. The van der Waals surface area contributed by atoms with Gasteiger partial charge in [0.25, 0.3) is 0 Å². The maximum absolute atomic E-state index is 11.5. The second-order valence-electron chi connectivity index (χ2n) is 7.42. The summed E-state index contributed by atoms with van der Waals surface area (Å²) in [6, 6.07) is 3.94. The lowest BCUT2D eigenvalue weighted by Crippen LogP contribution is -2.41. The number of carboxylic acids is 1. The molecule has 1 aromatic rings. The van der Waals surface area contributed by atoms with Crippen LogP contribution in [0.15, 0.2) is 12.1 Å². The van der Waals surface area contributed by atoms with Crippen LogP contribution in [0.2, 0.25) is 0 Å². The summed E-state index contributed by atoms with van der Waals surface area (Å²) in [7, 11) is 0. The van der Waals surface area contributed by atoms with E-state index >= 15 is 0 Å². The second-order valence-corrected chi connectivity index (χ2v) is 7.42. The van der Waals surface area contributed by atoms with Crippen molar-refractivity contribution in [1.82, 2.24) is 4.90 Å². The summed E-state index contributed by atoms with van der Waals surface area (Å²) in [5.74, 6) is 0.511. The van der Waals surface area contributed by atoms with Crippen molar-refractivity contribution >= 4 is 5.97 Å². The van der Waals surface area contributed by atoms with E-state index in [1.54, 1.807) is 6.07 Å². The number of hydrogen-bond acceptors (Lipinski definition) is 4. The van der Waals surface area contributed by atoms with Crippen molar-refractivity contribution in [2.75, 3.05) is 26.3 Å². The SMILES string of the molecule is CCO[C@H]1CCN(CC(C)C)[C@H](c2ccc(C(=O)O)c3c2OCC3)C1. The molecule has 0 spiro atoms. The van der Waals surface area contributed by atoms with Gasteiger partial charge in [0, 0.05) is 43.3 Å². The molecule has 3 rings (SSSR count). The van der Waals surface area contributed by atoms with Crippen molar-refractivity contribution in [2.45, 2.75) is 52.2 Å². The minimum atomic E-state index is -0.872. The summed E-state index contributed by atoms with van der Waals surface area (Å²) in [6.07, 6.45) is 2.92. The Bertz CT molecular complexity index is 628. The van der Waals surface area contributed by atoms with Gasteiger partial charge in [-0.3, -0.25) is 4.90 Å². The average Bonchev–Trinajstić information content (AvgIpc) is 3.04. The fraction of sp³-hybridized carbons (Fsp3) is 0.650. The number of aromatic carboxylic acids is 1. The summed E-state index contributed by atoms with van der Waals surface area (Å²) in [6.45, 7) is 9.84. The molecule has 138 valence electrons. The molecule has 0 amide bonds. The van der Waals surface area contributed by atoms with E-state index < -0.39 is 5.97 Å². The summed E-state index contributed by atoms with van der Waals surface area (Å²) >= 11 is 0. The fourth-order valence-corrected chi connectivity index (χ4v) is 4.16. The third kappa shape index (κ3) is 3.82. The number of likely N-dealkylation sites (tertiary alicyclic amines) is 1. The number of nitrogens with zero attached hydrogens (tertiary/aromatic N) is 1. The molecule has 2 atom stereocenters. The first kappa shape index (κ1) is 18.2. The van der Waals surface area contributed by atoms with Gasteiger partial charge in [-0.25, -0.2) is 4.79 Å². The van der Waals surface area contributed by atoms with Crippen molar-refractivity contribution in [3.05, 3.63) is 28.8 Å². The molecule has 0 unspecified atom stereocenters. The number of piperidine rings is 1. The van der Waals surface area contributed by atoms with Crippen LogP contribution in [0.5, 0.6) is 5.75 Å². The lowest BCUT2D eigenvalue weighted by molar-refractivity contribution is -0.0146. The highest BCUT2D eigenvalue weighted by atomic mass is 16.5. The summed E-state index contributed by atoms with van der Waals surface area (Å²) < 4.78 is 11.8. The maximum atomic E-state index is 11.5. The van der Waals surface area contributed by atoms with Crippen LogP contribution in [-0.2, 0) is 11.2 Å². The number of benzene rings is 1. The normalized spacial score (nSPS) is 23.5. The molecule has 1 N–H and O–H groups in total. The van der Waals surface area contributed by atoms with Crippen LogP contribution in [0.1, 0.15) is 61.1 Å². The Morgan fingerprint density at radius 2 is 2.24 bits per heavy atom. The Labute approximate surface area is 149 Å². The van der Waals surface area contributed by atoms with Gasteiger partial charge in [0.05, 0.1) is 18.3 Å². The quantitative estimate of drug-likeness (QED) is 0.853. The zero-order valence-corrected chi connectivity index (χ0v) is 15.5. The molecule has 0 aromatic heterocycles. The topological polar surface area (TPSA) is 59.0 Å². The Balaban J connectivity index is 1.95. The molecular weight excluding hydrogens is 318 g/mol. The van der Waals surface area contributed by atoms with Crippen molar-refractivity contribution in [3.63, 3.8) is 0 Å². The molecule has 1 aromatic carbocycles. The zero-order valence-electron chi connectivity index (χ0n) is 15.5. The van der Waals surface area contributed by atoms with E-state index in [2.05, 4.69) is 18.7 Å². The Morgan fingerprint density at radius 1 is 1.44 bits per heavy atom. The van der Waals surface area contributed by atoms with Crippen molar-refractivity contribution in [3.8, 4) is 5.75 Å². The third-order valence-corrected chi connectivity index (χ3v) is 5.15. The molecule has 0 aliphatic carbocycles. The predicted molar refractivity (Wildman–Crippen MR) is 96.4 cm³/mol. The van der Waals surface area contributed by atoms with Crippen molar-refractivity contribution < 1.29 is 19.4 Å². The van der Waals surface area contributed by atoms with Crippen molar-refractivity contribution in [2.24, 2.45) is 5.92 Å². The molecular formula is C20H29NO4. The highest BCUT2D eigenvalue weighted by molar-refractivity contribution is 5.90. The monoisotopic (exact) mass is 347 g/mol. The Hall–Kier alpha value is -1.59. The average molecular weight is 347 g/mol. The summed E-state index contributed by atoms with van der Waals surface area (Å²) in [5.41, 5.74) is 2.36. The van der Waals surface area contributed by atoms with Gasteiger partial charge in [0.15, 0.2) is 0 Å². The molecule has 5 nitrogen and oxygen atoms in total. The van der Waals surface area contributed by atoms with Crippen LogP contribution in [0.3, 0.4) is 0 Å². The minimum absolute atomic E-state index is 0.224. The van der Waals surface area contributed by atoms with E-state index in [1.165, 1.54) is 0 Å². The van der Waals surface area contributed by atoms with Gasteiger partial charge in [0.1, 0.15) is 5.75 Å². The number of carboxylic acid groups (broad SMARTS) is 1. The van der Waals surface area contributed by atoms with Crippen LogP contribution >= 0.6 is 0 Å². The Kier molecular flexibility index (Phi) is 5.64. The van der Waals surface area contributed by atoms with E-state index in [0.29, 0.717) is 24.5 Å². The van der Waals surface area contributed by atoms with E-state index in [-0.39, 0.29) is 12.1 Å². The largest absolute Gasteiger partial charge is 0.493 e. The molecule has 1 fully saturated rings. The van der Waals surface area contributed by atoms with E-state index in [0.717, 1.165) is 49.4 Å². The zero-order chi connectivity index (χ0) is 18.0. The lowest BCUT2D eigenvalue weighted by atomic mass is 9.89. The predicted octanol–water partition coefficient (Wildman–Crippen LogP) is 3.52. The molecule has 25 heavy (non-hydrogen) atoms. The van der Waals surface area contributed by atoms with E-state index in [4.69, 9.17) is 9.47 Å². The molecule has 5 heteroatoms. The van der Waals surface area contributed by atoms with Gasteiger partial charge >= 0.3 is 5.97 Å². The second kappa shape index (κ2) is 7.75. The van der Waals surface area contributed by atoms with Gasteiger partial charge in [-0.05, 0) is 31.7 Å². The molecule has 2 aliphatic rings. The van der Waals surface area contributed by atoms with Crippen LogP contribution in [0, 0.1) is 5.92 Å². The molecule has 2 heterocycles. The van der Waals surface area contributed by atoms with Gasteiger partial charge in [-0.1, -0.05) is 19.9 Å². The molecule has 2 aliphatic heterocycles. The number of rotatable bonds is 6. The van der Waals surface area contributed by atoms with Gasteiger partial charge < -0.3 is 14.6 Å². The first-order valence-corrected chi connectivity index (χ1v) is 9.38. The van der Waals surface area contributed by atoms with Crippen LogP contribution in [-0.4, -0.2) is 48.4 Å². The highest BCUT2D eigenvalue weighted by Crippen LogP contribution is 2.42. The maximum Gasteiger partial charge on any atom is 0.336 e. The molecule has 0 radical (unpaired) electrons. The van der Waals surface area contributed by atoms with Crippen molar-refractivity contribution in [1.29, 1.82) is 0 Å². The smallest absolute Gasteiger partial charge is 0.336 e. The van der Waals surface area contributed by atoms with Crippen LogP contribution < -0.4 is 4.74 Å². The van der Waals surface area contributed by atoms with E-state index in [9.17, 15) is 9.90 Å². The number of ether oxygens (including phenoxy) is 2. The highest BCUT2D eigenvalue weighted by Gasteiger charge is 2.34. The van der Waals surface area contributed by atoms with Gasteiger partial charge in [-0.15, -0.1) is 0 Å². The van der Waals surface area contributed by atoms with Crippen LogP contribution in [0.4, 0.5) is 0 Å². The van der Waals surface area contributed by atoms with E-state index in [1.807, 2.05) is 13.0 Å². The molecule has 1 saturated heterocycles. The fourth-order valence-electron chi connectivity index (χ4n) is 4.16. The van der Waals surface area contributed by atoms with Crippen LogP contribution in [0.25, 0.3) is 0 Å². The first-order chi connectivity index (χ1) is 12.0. The third-order valence-electron chi connectivity index (χ3n) is 5.15.